The molecule has 2 N–H and O–H groups in total. The summed E-state index contributed by atoms with van der Waals surface area (Å²) in [5.41, 5.74) is 3.29. The smallest absolute Gasteiger partial charge is 0.315 e. The lowest BCUT2D eigenvalue weighted by atomic mass is 10.1. The molecule has 154 valence electrons. The monoisotopic (exact) mass is 415 g/mol. The molecule has 2 heterocycles. The van der Waals surface area contributed by atoms with Crippen LogP contribution in [0.5, 0.6) is 11.5 Å². The molecule has 2 aromatic rings. The van der Waals surface area contributed by atoms with Gasteiger partial charge in [-0.3, -0.25) is 4.90 Å². The zero-order chi connectivity index (χ0) is 20.1. The van der Waals surface area contributed by atoms with Crippen molar-refractivity contribution in [2.75, 3.05) is 26.3 Å². The number of hydrogen-bond donors (Lipinski definition) is 2. The molecule has 0 bridgehead atoms. The number of carbonyl (C=O) groups is 1. The lowest BCUT2D eigenvalue weighted by molar-refractivity contribution is 0.171. The predicted molar refractivity (Wildman–Crippen MR) is 112 cm³/mol. The van der Waals surface area contributed by atoms with Gasteiger partial charge in [0.05, 0.1) is 5.02 Å². The molecule has 2 aliphatic rings. The first-order valence-corrected chi connectivity index (χ1v) is 10.5. The van der Waals surface area contributed by atoms with Gasteiger partial charge in [-0.25, -0.2) is 4.79 Å². The number of nitrogens with one attached hydrogen (secondary N) is 2. The summed E-state index contributed by atoms with van der Waals surface area (Å²) in [7, 11) is 0. The van der Waals surface area contributed by atoms with Crippen molar-refractivity contribution >= 4 is 17.6 Å². The number of hydrogen-bond acceptors (Lipinski definition) is 4. The third kappa shape index (κ3) is 5.14. The lowest BCUT2D eigenvalue weighted by Gasteiger charge is -2.20. The van der Waals surface area contributed by atoms with Crippen molar-refractivity contribution in [1.29, 1.82) is 0 Å². The minimum atomic E-state index is -0.216. The fourth-order valence-corrected chi connectivity index (χ4v) is 4.04. The molecule has 0 unspecified atom stereocenters. The summed E-state index contributed by atoms with van der Waals surface area (Å²) >= 11 is 6.25. The number of amides is 2. The van der Waals surface area contributed by atoms with Crippen molar-refractivity contribution in [2.45, 2.75) is 32.5 Å². The van der Waals surface area contributed by atoms with Crippen LogP contribution in [0.3, 0.4) is 0 Å². The standard InChI is InChI=1S/C22H26ClN3O3/c23-19-11-16(12-20-21(19)29-10-9-28-20)13-24-22(27)25-14-17-5-1-2-6-18(17)15-26-7-3-4-8-26/h1-2,5-6,11-12H,3-4,7-10,13-15H2,(H2,24,25,27). The van der Waals surface area contributed by atoms with Gasteiger partial charge in [-0.1, -0.05) is 35.9 Å². The summed E-state index contributed by atoms with van der Waals surface area (Å²) < 4.78 is 11.1. The maximum atomic E-state index is 12.3. The molecule has 0 spiro atoms. The molecule has 0 saturated carbocycles. The Morgan fingerprint density at radius 3 is 2.55 bits per heavy atom. The Hall–Kier alpha value is -2.44. The van der Waals surface area contributed by atoms with Crippen LogP contribution in [0.1, 0.15) is 29.5 Å². The molecule has 0 radical (unpaired) electrons. The van der Waals surface area contributed by atoms with Gasteiger partial charge in [0.15, 0.2) is 11.5 Å². The van der Waals surface area contributed by atoms with E-state index in [0.29, 0.717) is 42.8 Å². The van der Waals surface area contributed by atoms with Gasteiger partial charge in [-0.15, -0.1) is 0 Å². The molecule has 2 aliphatic heterocycles. The lowest BCUT2D eigenvalue weighted by Crippen LogP contribution is -2.35. The van der Waals surface area contributed by atoms with E-state index in [4.69, 9.17) is 21.1 Å². The van der Waals surface area contributed by atoms with E-state index in [1.807, 2.05) is 12.1 Å². The van der Waals surface area contributed by atoms with Crippen LogP contribution < -0.4 is 20.1 Å². The van der Waals surface area contributed by atoms with Crippen LogP contribution >= 0.6 is 11.6 Å². The van der Waals surface area contributed by atoms with Crippen molar-refractivity contribution in [3.05, 3.63) is 58.1 Å². The van der Waals surface area contributed by atoms with E-state index in [1.165, 1.54) is 18.4 Å². The highest BCUT2D eigenvalue weighted by atomic mass is 35.5. The summed E-state index contributed by atoms with van der Waals surface area (Å²) in [6, 6.07) is 11.7. The molecule has 4 rings (SSSR count). The molecule has 2 aromatic carbocycles. The van der Waals surface area contributed by atoms with Crippen LogP contribution in [0, 0.1) is 0 Å². The van der Waals surface area contributed by atoms with Crippen LogP contribution in [0.25, 0.3) is 0 Å². The number of nitrogens with zero attached hydrogens (tertiary/aromatic N) is 1. The number of fused-ring (bicyclic) bond motifs is 1. The van der Waals surface area contributed by atoms with E-state index in [9.17, 15) is 4.79 Å². The number of benzene rings is 2. The van der Waals surface area contributed by atoms with E-state index < -0.39 is 0 Å². The fourth-order valence-electron chi connectivity index (χ4n) is 3.75. The molecular formula is C22H26ClN3O3. The number of urea groups is 1. The molecule has 0 aliphatic carbocycles. The largest absolute Gasteiger partial charge is 0.486 e. The van der Waals surface area contributed by atoms with Crippen molar-refractivity contribution in [2.24, 2.45) is 0 Å². The van der Waals surface area contributed by atoms with Crippen LogP contribution in [0.2, 0.25) is 5.02 Å². The summed E-state index contributed by atoms with van der Waals surface area (Å²) in [5, 5.41) is 6.33. The average molecular weight is 416 g/mol. The molecule has 7 heteroatoms. The van der Waals surface area contributed by atoms with Crippen LogP contribution in [0.15, 0.2) is 36.4 Å². The maximum Gasteiger partial charge on any atom is 0.315 e. The summed E-state index contributed by atoms with van der Waals surface area (Å²) in [6.45, 7) is 5.09. The van der Waals surface area contributed by atoms with E-state index in [0.717, 1.165) is 30.8 Å². The third-order valence-corrected chi connectivity index (χ3v) is 5.54. The zero-order valence-corrected chi connectivity index (χ0v) is 17.1. The highest BCUT2D eigenvalue weighted by molar-refractivity contribution is 6.32. The van der Waals surface area contributed by atoms with E-state index >= 15 is 0 Å². The first-order chi connectivity index (χ1) is 14.2. The van der Waals surface area contributed by atoms with Gasteiger partial charge in [-0.05, 0) is 54.8 Å². The Morgan fingerprint density at radius 1 is 1.00 bits per heavy atom. The van der Waals surface area contributed by atoms with Crippen molar-refractivity contribution in [3.8, 4) is 11.5 Å². The van der Waals surface area contributed by atoms with Gasteiger partial charge >= 0.3 is 6.03 Å². The Bertz CT molecular complexity index is 868. The van der Waals surface area contributed by atoms with Gasteiger partial charge in [0.2, 0.25) is 0 Å². The molecule has 29 heavy (non-hydrogen) atoms. The van der Waals surface area contributed by atoms with Crippen LogP contribution in [-0.2, 0) is 19.6 Å². The molecular weight excluding hydrogens is 390 g/mol. The quantitative estimate of drug-likeness (QED) is 0.755. The molecule has 0 aromatic heterocycles. The minimum Gasteiger partial charge on any atom is -0.486 e. The Balaban J connectivity index is 1.30. The number of halogens is 1. The van der Waals surface area contributed by atoms with Gasteiger partial charge in [0, 0.05) is 19.6 Å². The predicted octanol–water partition coefficient (Wildman–Crippen LogP) is 3.71. The van der Waals surface area contributed by atoms with Crippen LogP contribution in [-0.4, -0.2) is 37.2 Å². The third-order valence-electron chi connectivity index (χ3n) is 5.26. The van der Waals surface area contributed by atoms with E-state index in [1.54, 1.807) is 6.07 Å². The molecule has 6 nitrogen and oxygen atoms in total. The molecule has 2 amide bonds. The van der Waals surface area contributed by atoms with Gasteiger partial charge in [0.1, 0.15) is 13.2 Å². The summed E-state index contributed by atoms with van der Waals surface area (Å²) in [5.74, 6) is 1.19. The topological polar surface area (TPSA) is 62.8 Å². The van der Waals surface area contributed by atoms with E-state index in [2.05, 4.69) is 33.7 Å². The van der Waals surface area contributed by atoms with Crippen molar-refractivity contribution in [1.82, 2.24) is 15.5 Å². The van der Waals surface area contributed by atoms with Crippen LogP contribution in [0.4, 0.5) is 4.79 Å². The fraction of sp³-hybridized carbons (Fsp3) is 0.409. The molecule has 1 saturated heterocycles. The Labute approximate surface area is 176 Å². The highest BCUT2D eigenvalue weighted by Gasteiger charge is 2.17. The van der Waals surface area contributed by atoms with Gasteiger partial charge < -0.3 is 20.1 Å². The van der Waals surface area contributed by atoms with Gasteiger partial charge in [0.25, 0.3) is 0 Å². The van der Waals surface area contributed by atoms with E-state index in [-0.39, 0.29) is 6.03 Å². The maximum absolute atomic E-state index is 12.3. The van der Waals surface area contributed by atoms with Gasteiger partial charge in [-0.2, -0.15) is 0 Å². The first kappa shape index (κ1) is 19.9. The highest BCUT2D eigenvalue weighted by Crippen LogP contribution is 2.38. The van der Waals surface area contributed by atoms with Crippen molar-refractivity contribution < 1.29 is 14.3 Å². The van der Waals surface area contributed by atoms with Crippen molar-refractivity contribution in [3.63, 3.8) is 0 Å². The molecule has 1 fully saturated rings. The average Bonchev–Trinajstić information content (AvgIpc) is 3.25. The first-order valence-electron chi connectivity index (χ1n) is 10.1. The second-order valence-electron chi connectivity index (χ2n) is 7.39. The Morgan fingerprint density at radius 2 is 1.72 bits per heavy atom. The minimum absolute atomic E-state index is 0.216. The number of likely N-dealkylation sites (tertiary alicyclic amines) is 1. The summed E-state index contributed by atoms with van der Waals surface area (Å²) in [4.78, 5) is 14.8. The normalized spacial score (nSPS) is 15.9. The summed E-state index contributed by atoms with van der Waals surface area (Å²) in [6.07, 6.45) is 2.54. The second-order valence-corrected chi connectivity index (χ2v) is 7.80. The number of ether oxygens (including phenoxy) is 2. The Kier molecular flexibility index (Phi) is 6.42. The zero-order valence-electron chi connectivity index (χ0n) is 16.4. The SMILES string of the molecule is O=C(NCc1cc(Cl)c2c(c1)OCCO2)NCc1ccccc1CN1CCCC1. The number of rotatable bonds is 6. The number of carbonyl (C=O) groups excluding carboxylic acids is 1. The second kappa shape index (κ2) is 9.37. The molecule has 0 atom stereocenters.